The minimum atomic E-state index is -0.144. The molecule has 4 heteroatoms. The molecule has 1 rings (SSSR count). The zero-order chi connectivity index (χ0) is 6.69. The summed E-state index contributed by atoms with van der Waals surface area (Å²) in [4.78, 5) is 0. The van der Waals surface area contributed by atoms with Gasteiger partial charge in [-0.05, 0) is 12.8 Å². The van der Waals surface area contributed by atoms with Crippen molar-refractivity contribution in [3.05, 3.63) is 0 Å². The van der Waals surface area contributed by atoms with Crippen molar-refractivity contribution in [1.29, 1.82) is 0 Å². The van der Waals surface area contributed by atoms with Crippen molar-refractivity contribution in [2.75, 3.05) is 6.61 Å². The molecule has 1 saturated heterocycles. The first-order valence-electron chi connectivity index (χ1n) is 2.93. The standard InChI is InChI=1S/C5H10N2O2/c6-5(7-8)4-2-1-3-9-4/h4,8H,1-3H2,(H2,6,7)/t4-/m1/s1. The molecule has 0 aromatic rings. The van der Waals surface area contributed by atoms with Gasteiger partial charge >= 0.3 is 0 Å². The van der Waals surface area contributed by atoms with Crippen molar-refractivity contribution in [2.45, 2.75) is 18.9 Å². The summed E-state index contributed by atoms with van der Waals surface area (Å²) in [6, 6.07) is 0. The molecule has 1 atom stereocenters. The van der Waals surface area contributed by atoms with Gasteiger partial charge in [-0.3, -0.25) is 0 Å². The van der Waals surface area contributed by atoms with E-state index in [0.717, 1.165) is 19.4 Å². The van der Waals surface area contributed by atoms with Gasteiger partial charge in [0.2, 0.25) is 0 Å². The highest BCUT2D eigenvalue weighted by Gasteiger charge is 2.19. The van der Waals surface area contributed by atoms with Crippen LogP contribution in [0.3, 0.4) is 0 Å². The predicted molar refractivity (Wildman–Crippen MR) is 32.4 cm³/mol. The highest BCUT2D eigenvalue weighted by molar-refractivity contribution is 5.84. The van der Waals surface area contributed by atoms with Gasteiger partial charge in [-0.2, -0.15) is 0 Å². The second-order valence-electron chi connectivity index (χ2n) is 2.03. The van der Waals surface area contributed by atoms with Crippen molar-refractivity contribution >= 4 is 5.84 Å². The Bertz CT molecular complexity index is 118. The fourth-order valence-electron chi connectivity index (χ4n) is 0.875. The van der Waals surface area contributed by atoms with Gasteiger partial charge in [0.1, 0.15) is 6.10 Å². The van der Waals surface area contributed by atoms with Gasteiger partial charge in [0.25, 0.3) is 0 Å². The summed E-state index contributed by atoms with van der Waals surface area (Å²) < 4.78 is 5.09. The fraction of sp³-hybridized carbons (Fsp3) is 0.800. The molecule has 0 saturated carbocycles. The van der Waals surface area contributed by atoms with Crippen LogP contribution in [-0.2, 0) is 4.74 Å². The van der Waals surface area contributed by atoms with E-state index in [9.17, 15) is 0 Å². The average molecular weight is 130 g/mol. The highest BCUT2D eigenvalue weighted by Crippen LogP contribution is 2.11. The predicted octanol–water partition coefficient (Wildman–Crippen LogP) is -0.0882. The molecule has 0 aromatic carbocycles. The van der Waals surface area contributed by atoms with E-state index in [1.54, 1.807) is 0 Å². The van der Waals surface area contributed by atoms with E-state index in [1.165, 1.54) is 0 Å². The summed E-state index contributed by atoms with van der Waals surface area (Å²) in [5, 5.41) is 11.0. The Morgan fingerprint density at radius 1 is 1.78 bits per heavy atom. The van der Waals surface area contributed by atoms with E-state index in [0.29, 0.717) is 0 Å². The molecular weight excluding hydrogens is 120 g/mol. The molecule has 1 aliphatic heterocycles. The van der Waals surface area contributed by atoms with Crippen LogP contribution in [0.4, 0.5) is 0 Å². The molecule has 3 N–H and O–H groups in total. The summed E-state index contributed by atoms with van der Waals surface area (Å²) in [7, 11) is 0. The molecule has 52 valence electrons. The quantitative estimate of drug-likeness (QED) is 0.225. The molecule has 0 unspecified atom stereocenters. The van der Waals surface area contributed by atoms with Crippen LogP contribution in [0.25, 0.3) is 0 Å². The molecule has 0 radical (unpaired) electrons. The smallest absolute Gasteiger partial charge is 0.168 e. The monoisotopic (exact) mass is 130 g/mol. The lowest BCUT2D eigenvalue weighted by Crippen LogP contribution is -2.27. The number of nitrogens with zero attached hydrogens (tertiary/aromatic N) is 1. The Morgan fingerprint density at radius 2 is 2.56 bits per heavy atom. The van der Waals surface area contributed by atoms with Crippen LogP contribution in [-0.4, -0.2) is 23.8 Å². The minimum absolute atomic E-state index is 0.144. The van der Waals surface area contributed by atoms with Crippen molar-refractivity contribution in [3.63, 3.8) is 0 Å². The molecule has 0 amide bonds. The van der Waals surface area contributed by atoms with Crippen LogP contribution in [0.2, 0.25) is 0 Å². The van der Waals surface area contributed by atoms with Gasteiger partial charge < -0.3 is 15.7 Å². The summed E-state index contributed by atoms with van der Waals surface area (Å²) >= 11 is 0. The van der Waals surface area contributed by atoms with Crippen LogP contribution in [0.1, 0.15) is 12.8 Å². The molecular formula is C5H10N2O2. The summed E-state index contributed by atoms with van der Waals surface area (Å²) in [5.41, 5.74) is 5.25. The Kier molecular flexibility index (Phi) is 1.89. The Balaban J connectivity index is 2.42. The summed E-state index contributed by atoms with van der Waals surface area (Å²) in [6.07, 6.45) is 1.73. The molecule has 1 aliphatic rings. The van der Waals surface area contributed by atoms with E-state index < -0.39 is 0 Å². The zero-order valence-corrected chi connectivity index (χ0v) is 5.08. The molecule has 1 heterocycles. The number of oxime groups is 1. The van der Waals surface area contributed by atoms with Crippen LogP contribution >= 0.6 is 0 Å². The lowest BCUT2D eigenvalue weighted by molar-refractivity contribution is 0.153. The molecule has 0 aliphatic carbocycles. The van der Waals surface area contributed by atoms with Gasteiger partial charge in [-0.15, -0.1) is 0 Å². The van der Waals surface area contributed by atoms with E-state index in [-0.39, 0.29) is 11.9 Å². The van der Waals surface area contributed by atoms with Crippen molar-refractivity contribution in [3.8, 4) is 0 Å². The maximum absolute atomic E-state index is 8.18. The number of amidine groups is 1. The first kappa shape index (κ1) is 6.35. The molecule has 9 heavy (non-hydrogen) atoms. The van der Waals surface area contributed by atoms with Gasteiger partial charge in [-0.1, -0.05) is 5.16 Å². The van der Waals surface area contributed by atoms with Crippen LogP contribution in [0.15, 0.2) is 5.16 Å². The number of nitrogens with two attached hydrogens (primary N) is 1. The first-order valence-corrected chi connectivity index (χ1v) is 2.93. The minimum Gasteiger partial charge on any atom is -0.409 e. The van der Waals surface area contributed by atoms with Crippen LogP contribution in [0.5, 0.6) is 0 Å². The Labute approximate surface area is 53.3 Å². The lowest BCUT2D eigenvalue weighted by Gasteiger charge is -2.04. The summed E-state index contributed by atoms with van der Waals surface area (Å²) in [6.45, 7) is 0.723. The van der Waals surface area contributed by atoms with Crippen molar-refractivity contribution in [1.82, 2.24) is 0 Å². The number of hydrogen-bond donors (Lipinski definition) is 2. The third-order valence-electron chi connectivity index (χ3n) is 1.38. The lowest BCUT2D eigenvalue weighted by atomic mass is 10.2. The molecule has 0 aromatic heterocycles. The highest BCUT2D eigenvalue weighted by atomic mass is 16.5. The largest absolute Gasteiger partial charge is 0.409 e. The van der Waals surface area contributed by atoms with Gasteiger partial charge in [0, 0.05) is 6.61 Å². The second kappa shape index (κ2) is 2.68. The van der Waals surface area contributed by atoms with E-state index in [1.807, 2.05) is 0 Å². The second-order valence-corrected chi connectivity index (χ2v) is 2.03. The molecule has 0 bridgehead atoms. The van der Waals surface area contributed by atoms with Crippen LogP contribution in [0, 0.1) is 0 Å². The maximum Gasteiger partial charge on any atom is 0.168 e. The third kappa shape index (κ3) is 1.32. The van der Waals surface area contributed by atoms with Gasteiger partial charge in [-0.25, -0.2) is 0 Å². The zero-order valence-electron chi connectivity index (χ0n) is 5.08. The molecule has 4 nitrogen and oxygen atoms in total. The summed E-state index contributed by atoms with van der Waals surface area (Å²) in [5.74, 6) is 0.188. The van der Waals surface area contributed by atoms with E-state index >= 15 is 0 Å². The average Bonchev–Trinajstić information content (AvgIpc) is 2.37. The number of ether oxygens (including phenoxy) is 1. The number of hydrogen-bond acceptors (Lipinski definition) is 3. The van der Waals surface area contributed by atoms with Gasteiger partial charge in [0.15, 0.2) is 5.84 Å². The van der Waals surface area contributed by atoms with E-state index in [4.69, 9.17) is 15.7 Å². The van der Waals surface area contributed by atoms with Crippen molar-refractivity contribution in [2.24, 2.45) is 10.9 Å². The SMILES string of the molecule is N/C(=N/O)[C@H]1CCCO1. The third-order valence-corrected chi connectivity index (χ3v) is 1.38. The first-order chi connectivity index (χ1) is 4.34. The Hall–Kier alpha value is -0.770. The van der Waals surface area contributed by atoms with Crippen LogP contribution < -0.4 is 5.73 Å². The number of rotatable bonds is 1. The fourth-order valence-corrected chi connectivity index (χ4v) is 0.875. The Morgan fingerprint density at radius 3 is 3.00 bits per heavy atom. The maximum atomic E-state index is 8.18. The van der Waals surface area contributed by atoms with E-state index in [2.05, 4.69) is 5.16 Å². The normalized spacial score (nSPS) is 28.9. The van der Waals surface area contributed by atoms with Crippen molar-refractivity contribution < 1.29 is 9.94 Å². The molecule has 1 fully saturated rings. The molecule has 0 spiro atoms. The van der Waals surface area contributed by atoms with Gasteiger partial charge in [0.05, 0.1) is 0 Å². The topological polar surface area (TPSA) is 67.8 Å².